The maximum absolute atomic E-state index is 12.8. The number of benzene rings is 1. The Morgan fingerprint density at radius 1 is 1.26 bits per heavy atom. The maximum atomic E-state index is 12.8. The largest absolute Gasteiger partial charge is 0.368 e. The van der Waals surface area contributed by atoms with Crippen molar-refractivity contribution in [3.63, 3.8) is 0 Å². The lowest BCUT2D eigenvalue weighted by atomic mass is 9.92. The lowest BCUT2D eigenvalue weighted by molar-refractivity contribution is -0.122. The van der Waals surface area contributed by atoms with E-state index in [-0.39, 0.29) is 37.1 Å². The van der Waals surface area contributed by atoms with Crippen LogP contribution < -0.4 is 32.3 Å². The molecule has 0 saturated heterocycles. The van der Waals surface area contributed by atoms with Gasteiger partial charge in [0.15, 0.2) is 0 Å². The summed E-state index contributed by atoms with van der Waals surface area (Å²) in [5.74, 6) is -1.10. The second-order valence-electron chi connectivity index (χ2n) is 6.78. The van der Waals surface area contributed by atoms with Crippen molar-refractivity contribution in [3.05, 3.63) is 58.0 Å². The third-order valence-corrected chi connectivity index (χ3v) is 5.50. The summed E-state index contributed by atoms with van der Waals surface area (Å²) in [6, 6.07) is 10.0. The van der Waals surface area contributed by atoms with Crippen LogP contribution in [0, 0.1) is 12.3 Å². The van der Waals surface area contributed by atoms with E-state index in [1.54, 1.807) is 25.1 Å². The summed E-state index contributed by atoms with van der Waals surface area (Å²) in [7, 11) is -2.02. The second-order valence-corrected chi connectivity index (χ2v) is 8.50. The van der Waals surface area contributed by atoms with Gasteiger partial charge in [0.25, 0.3) is 5.56 Å². The molecule has 0 atom stereocenters. The topological polar surface area (TPSA) is 168 Å². The molecule has 0 aliphatic rings. The van der Waals surface area contributed by atoms with Crippen LogP contribution in [0.1, 0.15) is 11.3 Å². The summed E-state index contributed by atoms with van der Waals surface area (Å²) in [4.78, 5) is 29.7. The third-order valence-electron chi connectivity index (χ3n) is 4.27. The van der Waals surface area contributed by atoms with Crippen molar-refractivity contribution in [2.75, 3.05) is 17.9 Å². The first kappa shape index (κ1) is 24.0. The predicted octanol–water partition coefficient (Wildman–Crippen LogP) is -2.11. The van der Waals surface area contributed by atoms with Crippen LogP contribution in [0.25, 0.3) is 0 Å². The van der Waals surface area contributed by atoms with E-state index in [2.05, 4.69) is 15.5 Å². The number of amides is 1. The first-order valence-electron chi connectivity index (χ1n) is 9.33. The molecule has 0 saturated carbocycles. The predicted molar refractivity (Wildman–Crippen MR) is 120 cm³/mol. The van der Waals surface area contributed by atoms with E-state index >= 15 is 0 Å². The molecule has 1 aromatic heterocycles. The highest BCUT2D eigenvalue weighted by atomic mass is 32.2. The van der Waals surface area contributed by atoms with E-state index in [1.807, 2.05) is 20.0 Å². The number of hydrogen-bond donors (Lipinski definition) is 5. The normalized spacial score (nSPS) is 11.0. The number of nitrogens with zero attached hydrogens (tertiary/aromatic N) is 1. The number of pyridine rings is 1. The fraction of sp³-hybridized carbons (Fsp3) is 0.278. The summed E-state index contributed by atoms with van der Waals surface area (Å²) in [5, 5.41) is 9.49. The first-order valence-corrected chi connectivity index (χ1v) is 11.0. The number of anilines is 1. The molecule has 0 unspecified atom stereocenters. The number of carbonyl (C=O) groups excluding carboxylic acids is 1. The molecule has 11 nitrogen and oxygen atoms in total. The Balaban J connectivity index is 2.06. The molecule has 13 heteroatoms. The SMILES string of the molecule is Bc1ccccc1CS(=O)(=O)Nc1ccc(C)n(CC(=O)NCCONC(=N)N)c1=O. The van der Waals surface area contributed by atoms with Crippen molar-refractivity contribution in [3.8, 4) is 0 Å². The molecule has 0 radical (unpaired) electrons. The van der Waals surface area contributed by atoms with Gasteiger partial charge in [-0.2, -0.15) is 0 Å². The molecule has 0 bridgehead atoms. The third kappa shape index (κ3) is 7.46. The number of aromatic nitrogens is 1. The van der Waals surface area contributed by atoms with E-state index in [9.17, 15) is 18.0 Å². The Morgan fingerprint density at radius 3 is 2.65 bits per heavy atom. The number of aryl methyl sites for hydroxylation is 1. The Morgan fingerprint density at radius 2 is 1.97 bits per heavy atom. The molecular weight excluding hydrogens is 423 g/mol. The van der Waals surface area contributed by atoms with Gasteiger partial charge in [0, 0.05) is 12.2 Å². The number of sulfonamides is 1. The van der Waals surface area contributed by atoms with Gasteiger partial charge in [-0.05, 0) is 24.6 Å². The molecule has 0 aliphatic carbocycles. The van der Waals surface area contributed by atoms with Crippen molar-refractivity contribution in [1.82, 2.24) is 15.4 Å². The second kappa shape index (κ2) is 10.6. The van der Waals surface area contributed by atoms with Crippen molar-refractivity contribution < 1.29 is 18.0 Å². The average molecular weight is 448 g/mol. The number of nitrogens with two attached hydrogens (primary N) is 1. The molecule has 31 heavy (non-hydrogen) atoms. The van der Waals surface area contributed by atoms with E-state index < -0.39 is 21.5 Å². The van der Waals surface area contributed by atoms with Crippen LogP contribution in [0.4, 0.5) is 5.69 Å². The van der Waals surface area contributed by atoms with E-state index in [0.29, 0.717) is 11.3 Å². The van der Waals surface area contributed by atoms with Gasteiger partial charge in [0.05, 0.1) is 12.4 Å². The summed E-state index contributed by atoms with van der Waals surface area (Å²) < 4.78 is 28.6. The molecule has 0 aliphatic heterocycles. The van der Waals surface area contributed by atoms with Crippen molar-refractivity contribution in [2.24, 2.45) is 5.73 Å². The minimum atomic E-state index is -3.83. The molecule has 2 aromatic rings. The molecule has 0 fully saturated rings. The summed E-state index contributed by atoms with van der Waals surface area (Å²) in [5.41, 5.74) is 8.36. The Kier molecular flexibility index (Phi) is 8.22. The number of carbonyl (C=O) groups is 1. The maximum Gasteiger partial charge on any atom is 0.275 e. The van der Waals surface area contributed by atoms with Crippen LogP contribution in [0.3, 0.4) is 0 Å². The standard InChI is InChI=1S/C18H25BN6O5S/c1-12-6-7-15(24-31(28,29)11-13-4-2-3-5-14(13)19)17(27)25(12)10-16(26)22-8-9-30-23-18(20)21/h2-7,24H,8-11,19H2,1H3,(H,22,26)(H4,20,21,23). The summed E-state index contributed by atoms with van der Waals surface area (Å²) in [6.45, 7) is 1.52. The summed E-state index contributed by atoms with van der Waals surface area (Å²) in [6.07, 6.45) is 0. The minimum Gasteiger partial charge on any atom is -0.368 e. The van der Waals surface area contributed by atoms with Gasteiger partial charge in [-0.1, -0.05) is 29.7 Å². The lowest BCUT2D eigenvalue weighted by Gasteiger charge is -2.14. The van der Waals surface area contributed by atoms with Crippen LogP contribution in [-0.4, -0.2) is 45.8 Å². The van der Waals surface area contributed by atoms with Gasteiger partial charge in [0.1, 0.15) is 20.1 Å². The minimum absolute atomic E-state index is 0.0535. The molecule has 6 N–H and O–H groups in total. The van der Waals surface area contributed by atoms with Gasteiger partial charge in [-0.3, -0.25) is 24.6 Å². The van der Waals surface area contributed by atoms with Gasteiger partial charge in [-0.25, -0.2) is 13.9 Å². The highest BCUT2D eigenvalue weighted by Crippen LogP contribution is 2.09. The van der Waals surface area contributed by atoms with E-state index in [4.69, 9.17) is 16.0 Å². The van der Waals surface area contributed by atoms with Crippen LogP contribution in [0.2, 0.25) is 0 Å². The van der Waals surface area contributed by atoms with Crippen LogP contribution >= 0.6 is 0 Å². The van der Waals surface area contributed by atoms with E-state index in [1.165, 1.54) is 10.6 Å². The number of hydrogen-bond acceptors (Lipinski definition) is 6. The van der Waals surface area contributed by atoms with Crippen LogP contribution in [0.15, 0.2) is 41.2 Å². The Hall–Kier alpha value is -3.32. The molecular formula is C18H25BN6O5S. The molecule has 1 aromatic carbocycles. The Bertz CT molecular complexity index is 1120. The van der Waals surface area contributed by atoms with Crippen LogP contribution in [0.5, 0.6) is 0 Å². The zero-order chi connectivity index (χ0) is 23.0. The molecule has 166 valence electrons. The van der Waals surface area contributed by atoms with Gasteiger partial charge >= 0.3 is 0 Å². The molecule has 0 spiro atoms. The fourth-order valence-corrected chi connectivity index (χ4v) is 3.99. The van der Waals surface area contributed by atoms with E-state index in [0.717, 1.165) is 5.46 Å². The summed E-state index contributed by atoms with van der Waals surface area (Å²) >= 11 is 0. The Labute approximate surface area is 180 Å². The number of guanidine groups is 1. The van der Waals surface area contributed by atoms with Gasteiger partial charge in [0.2, 0.25) is 21.9 Å². The van der Waals surface area contributed by atoms with Crippen molar-refractivity contribution in [1.29, 1.82) is 5.41 Å². The van der Waals surface area contributed by atoms with Crippen molar-refractivity contribution in [2.45, 2.75) is 19.2 Å². The van der Waals surface area contributed by atoms with Gasteiger partial charge < -0.3 is 15.6 Å². The van der Waals surface area contributed by atoms with Crippen molar-refractivity contribution >= 4 is 40.9 Å². The lowest BCUT2D eigenvalue weighted by Crippen LogP contribution is -2.37. The highest BCUT2D eigenvalue weighted by molar-refractivity contribution is 7.91. The fourth-order valence-electron chi connectivity index (χ4n) is 2.70. The molecule has 1 amide bonds. The molecule has 2 rings (SSSR count). The highest BCUT2D eigenvalue weighted by Gasteiger charge is 2.17. The van der Waals surface area contributed by atoms with Crippen LogP contribution in [-0.2, 0) is 32.0 Å². The number of rotatable bonds is 10. The first-order chi connectivity index (χ1) is 14.6. The number of nitrogens with one attached hydrogen (secondary N) is 4. The smallest absolute Gasteiger partial charge is 0.275 e. The van der Waals surface area contributed by atoms with Gasteiger partial charge in [-0.15, -0.1) is 0 Å². The molecule has 1 heterocycles. The zero-order valence-electron chi connectivity index (χ0n) is 17.3. The number of hydroxylamine groups is 1. The quantitative estimate of drug-likeness (QED) is 0.0911. The monoisotopic (exact) mass is 448 g/mol. The zero-order valence-corrected chi connectivity index (χ0v) is 18.1. The average Bonchev–Trinajstić information content (AvgIpc) is 2.68.